The molecule has 0 bridgehead atoms. The molecule has 0 aromatic heterocycles. The van der Waals surface area contributed by atoms with Crippen LogP contribution in [0.5, 0.6) is 0 Å². The molecule has 0 amide bonds. The van der Waals surface area contributed by atoms with E-state index in [1.807, 2.05) is 0 Å². The summed E-state index contributed by atoms with van der Waals surface area (Å²) in [6, 6.07) is 3.63. The minimum Gasteiger partial charge on any atom is -0.396 e. The molecule has 2 rings (SSSR count). The Bertz CT molecular complexity index is 524. The van der Waals surface area contributed by atoms with Gasteiger partial charge in [-0.05, 0) is 37.0 Å². The summed E-state index contributed by atoms with van der Waals surface area (Å²) in [4.78, 5) is 0.000641. The van der Waals surface area contributed by atoms with Gasteiger partial charge in [0, 0.05) is 13.2 Å². The first-order valence-corrected chi connectivity index (χ1v) is 7.50. The van der Waals surface area contributed by atoms with Crippen molar-refractivity contribution < 1.29 is 17.5 Å². The second kappa shape index (κ2) is 5.24. The Morgan fingerprint density at radius 1 is 1.33 bits per heavy atom. The fourth-order valence-corrected chi connectivity index (χ4v) is 3.73. The summed E-state index contributed by atoms with van der Waals surface area (Å²) in [6.45, 7) is 1.19. The Balaban J connectivity index is 2.16. The maximum atomic E-state index is 13.3. The quantitative estimate of drug-likeness (QED) is 0.849. The van der Waals surface area contributed by atoms with Gasteiger partial charge in [-0.2, -0.15) is 0 Å². The molecule has 1 aromatic rings. The van der Waals surface area contributed by atoms with E-state index in [9.17, 15) is 12.8 Å². The van der Waals surface area contributed by atoms with Gasteiger partial charge < -0.3 is 10.5 Å². The van der Waals surface area contributed by atoms with Crippen LogP contribution in [0, 0.1) is 11.7 Å². The lowest BCUT2D eigenvalue weighted by Crippen LogP contribution is -2.23. The van der Waals surface area contributed by atoms with Crippen LogP contribution in [-0.4, -0.2) is 27.4 Å². The highest BCUT2D eigenvalue weighted by molar-refractivity contribution is 7.91. The van der Waals surface area contributed by atoms with E-state index in [2.05, 4.69) is 0 Å². The number of benzene rings is 1. The largest absolute Gasteiger partial charge is 0.396 e. The smallest absolute Gasteiger partial charge is 0.178 e. The Hall–Kier alpha value is -1.14. The number of halogens is 1. The summed E-state index contributed by atoms with van der Waals surface area (Å²) >= 11 is 0. The molecule has 1 fully saturated rings. The molecule has 4 nitrogen and oxygen atoms in total. The van der Waals surface area contributed by atoms with E-state index in [0.717, 1.165) is 18.9 Å². The molecule has 100 valence electrons. The second-order valence-electron chi connectivity index (χ2n) is 4.52. The standard InChI is InChI=1S/C12H16FNO3S/c13-11-7-10(1-2-12(11)14)18(15,16)8-9-3-5-17-6-4-9/h1-2,7,9H,3-6,8,14H2. The zero-order valence-corrected chi connectivity index (χ0v) is 10.7. The van der Waals surface area contributed by atoms with Crippen LogP contribution < -0.4 is 5.73 Å². The van der Waals surface area contributed by atoms with Crippen molar-refractivity contribution in [3.8, 4) is 0 Å². The predicted octanol–water partition coefficient (Wildman–Crippen LogP) is 1.61. The van der Waals surface area contributed by atoms with Gasteiger partial charge in [0.2, 0.25) is 0 Å². The van der Waals surface area contributed by atoms with Crippen molar-refractivity contribution in [3.63, 3.8) is 0 Å². The molecule has 0 spiro atoms. The van der Waals surface area contributed by atoms with Crippen LogP contribution in [0.1, 0.15) is 12.8 Å². The van der Waals surface area contributed by atoms with Gasteiger partial charge in [-0.3, -0.25) is 0 Å². The number of hydrogen-bond donors (Lipinski definition) is 1. The van der Waals surface area contributed by atoms with Gasteiger partial charge in [0.15, 0.2) is 9.84 Å². The average Bonchev–Trinajstić information content (AvgIpc) is 2.33. The van der Waals surface area contributed by atoms with Crippen molar-refractivity contribution in [2.24, 2.45) is 5.92 Å². The molecule has 1 aliphatic heterocycles. The third-order valence-electron chi connectivity index (χ3n) is 3.13. The van der Waals surface area contributed by atoms with Crippen molar-refractivity contribution in [2.75, 3.05) is 24.7 Å². The molecule has 2 N–H and O–H groups in total. The number of anilines is 1. The third-order valence-corrected chi connectivity index (χ3v) is 5.01. The van der Waals surface area contributed by atoms with E-state index in [1.165, 1.54) is 12.1 Å². The fraction of sp³-hybridized carbons (Fsp3) is 0.500. The highest BCUT2D eigenvalue weighted by Crippen LogP contribution is 2.23. The predicted molar refractivity (Wildman–Crippen MR) is 66.4 cm³/mol. The van der Waals surface area contributed by atoms with Crippen LogP contribution in [0.15, 0.2) is 23.1 Å². The highest BCUT2D eigenvalue weighted by Gasteiger charge is 2.23. The summed E-state index contributed by atoms with van der Waals surface area (Å²) in [7, 11) is -3.45. The van der Waals surface area contributed by atoms with Gasteiger partial charge >= 0.3 is 0 Å². The first kappa shape index (κ1) is 13.3. The van der Waals surface area contributed by atoms with Crippen LogP contribution in [0.3, 0.4) is 0 Å². The Morgan fingerprint density at radius 3 is 2.61 bits per heavy atom. The first-order chi connectivity index (χ1) is 8.49. The minimum absolute atomic E-state index is 0.000641. The average molecular weight is 273 g/mol. The number of nitrogen functional groups attached to an aromatic ring is 1. The molecule has 0 atom stereocenters. The molecule has 1 heterocycles. The molecule has 0 saturated carbocycles. The van der Waals surface area contributed by atoms with Crippen molar-refractivity contribution >= 4 is 15.5 Å². The molecular weight excluding hydrogens is 257 g/mol. The molecule has 1 saturated heterocycles. The van der Waals surface area contributed by atoms with Gasteiger partial charge in [0.1, 0.15) is 5.82 Å². The maximum absolute atomic E-state index is 13.3. The number of rotatable bonds is 3. The molecule has 0 radical (unpaired) electrons. The molecule has 0 aliphatic carbocycles. The lowest BCUT2D eigenvalue weighted by Gasteiger charge is -2.21. The number of sulfone groups is 1. The van der Waals surface area contributed by atoms with Gasteiger partial charge in [0.25, 0.3) is 0 Å². The topological polar surface area (TPSA) is 69.4 Å². The molecule has 1 aromatic carbocycles. The highest BCUT2D eigenvalue weighted by atomic mass is 32.2. The van der Waals surface area contributed by atoms with Crippen molar-refractivity contribution in [1.29, 1.82) is 0 Å². The lowest BCUT2D eigenvalue weighted by molar-refractivity contribution is 0.0723. The molecule has 6 heteroatoms. The number of hydrogen-bond acceptors (Lipinski definition) is 4. The lowest BCUT2D eigenvalue weighted by atomic mass is 10.0. The van der Waals surface area contributed by atoms with E-state index in [1.54, 1.807) is 0 Å². The van der Waals surface area contributed by atoms with E-state index in [0.29, 0.717) is 13.2 Å². The third kappa shape index (κ3) is 3.00. The molecule has 1 aliphatic rings. The summed E-state index contributed by atoms with van der Waals surface area (Å²) in [5, 5.41) is 0. The zero-order valence-electron chi connectivity index (χ0n) is 9.93. The van der Waals surface area contributed by atoms with Crippen LogP contribution in [-0.2, 0) is 14.6 Å². The van der Waals surface area contributed by atoms with Crippen LogP contribution >= 0.6 is 0 Å². The van der Waals surface area contributed by atoms with Crippen LogP contribution in [0.2, 0.25) is 0 Å². The van der Waals surface area contributed by atoms with Crippen LogP contribution in [0.4, 0.5) is 10.1 Å². The van der Waals surface area contributed by atoms with Gasteiger partial charge in [-0.25, -0.2) is 12.8 Å². The minimum atomic E-state index is -3.45. The molecular formula is C12H16FNO3S. The Labute approximate surface area is 106 Å². The second-order valence-corrected chi connectivity index (χ2v) is 6.55. The van der Waals surface area contributed by atoms with Crippen molar-refractivity contribution in [2.45, 2.75) is 17.7 Å². The molecule has 18 heavy (non-hydrogen) atoms. The summed E-state index contributed by atoms with van der Waals surface area (Å²) in [5.41, 5.74) is 5.29. The zero-order chi connectivity index (χ0) is 13.2. The Kier molecular flexibility index (Phi) is 3.87. The molecule has 0 unspecified atom stereocenters. The van der Waals surface area contributed by atoms with E-state index in [-0.39, 0.29) is 22.3 Å². The van der Waals surface area contributed by atoms with Gasteiger partial charge in [0.05, 0.1) is 16.3 Å². The summed E-state index contributed by atoms with van der Waals surface area (Å²) in [6.07, 6.45) is 1.47. The van der Waals surface area contributed by atoms with Crippen LogP contribution in [0.25, 0.3) is 0 Å². The van der Waals surface area contributed by atoms with E-state index >= 15 is 0 Å². The number of ether oxygens (including phenoxy) is 1. The van der Waals surface area contributed by atoms with Gasteiger partial charge in [-0.1, -0.05) is 0 Å². The maximum Gasteiger partial charge on any atom is 0.178 e. The summed E-state index contributed by atoms with van der Waals surface area (Å²) < 4.78 is 42.7. The van der Waals surface area contributed by atoms with Gasteiger partial charge in [-0.15, -0.1) is 0 Å². The number of nitrogens with two attached hydrogens (primary N) is 1. The van der Waals surface area contributed by atoms with Crippen molar-refractivity contribution in [1.82, 2.24) is 0 Å². The normalized spacial score (nSPS) is 17.8. The Morgan fingerprint density at radius 2 is 2.00 bits per heavy atom. The fourth-order valence-electron chi connectivity index (χ4n) is 2.02. The monoisotopic (exact) mass is 273 g/mol. The van der Waals surface area contributed by atoms with E-state index < -0.39 is 15.7 Å². The van der Waals surface area contributed by atoms with E-state index in [4.69, 9.17) is 10.5 Å². The first-order valence-electron chi connectivity index (χ1n) is 5.84. The van der Waals surface area contributed by atoms with Crippen molar-refractivity contribution in [3.05, 3.63) is 24.0 Å². The summed E-state index contributed by atoms with van der Waals surface area (Å²) in [5.74, 6) is -0.563. The SMILES string of the molecule is Nc1ccc(S(=O)(=O)CC2CCOCC2)cc1F.